The van der Waals surface area contributed by atoms with Crippen LogP contribution in [0.1, 0.15) is 59.1 Å². The van der Waals surface area contributed by atoms with Crippen molar-refractivity contribution < 1.29 is 45.6 Å². The molecule has 0 radical (unpaired) electrons. The zero-order valence-electron chi connectivity index (χ0n) is 36.7. The Morgan fingerprint density at radius 2 is 0.848 bits per heavy atom. The van der Waals surface area contributed by atoms with Crippen molar-refractivity contribution in [2.45, 2.75) is 75.0 Å². The standard InChI is InChI=1S/2C16H17NO2.C12H10O6S2.2CH5N3/c2*1-10-8-14(18)19-16-12-5-3-7-17-6-2-4-11(15(12)17)9-13(10)16;13-19(14,15)11-5-1-9(2-6-11)10-3-7-12(8-4-10)20(16,17)18;2*2-1(3)4/h2*8-9H,2-7H2,1H3;1-8H,(H,13,14,15)(H,16,17,18);2*(H5,2,3,4). The highest BCUT2D eigenvalue weighted by Crippen LogP contribution is 2.41. The summed E-state index contributed by atoms with van der Waals surface area (Å²) in [5.41, 5.74) is 30.9. The average molecular weight is 943 g/mol. The molecule has 10 rings (SSSR count). The third kappa shape index (κ3) is 11.6. The van der Waals surface area contributed by atoms with Gasteiger partial charge in [-0.3, -0.25) is 33.8 Å². The van der Waals surface area contributed by atoms with E-state index in [1.54, 1.807) is 12.1 Å². The molecule has 0 saturated carbocycles. The number of benzene rings is 4. The molecule has 0 aliphatic carbocycles. The zero-order valence-corrected chi connectivity index (χ0v) is 38.3. The lowest BCUT2D eigenvalue weighted by molar-refractivity contribution is -0.117. The summed E-state index contributed by atoms with van der Waals surface area (Å²) >= 11 is 0. The molecule has 0 amide bonds. The second-order valence-corrected chi connectivity index (χ2v) is 19.1. The minimum absolute atomic E-state index is 0.0833. The van der Waals surface area contributed by atoms with E-state index in [1.165, 1.54) is 70.7 Å². The molecule has 20 heteroatoms. The minimum atomic E-state index is -4.50. The predicted molar refractivity (Wildman–Crippen MR) is 251 cm³/mol. The van der Waals surface area contributed by atoms with Gasteiger partial charge in [0.25, 0.3) is 0 Å². The molecule has 350 valence electrons. The fourth-order valence-electron chi connectivity index (χ4n) is 8.88. The summed E-state index contributed by atoms with van der Waals surface area (Å²) in [6, 6.07) is 18.0. The van der Waals surface area contributed by atoms with Crippen LogP contribution >= 0.6 is 0 Å². The van der Waals surface area contributed by atoms with Gasteiger partial charge in [-0.15, -0.1) is 0 Å². The van der Waals surface area contributed by atoms with Gasteiger partial charge in [0.2, 0.25) is 0 Å². The number of nitrogens with two attached hydrogens (primary N) is 6. The lowest BCUT2D eigenvalue weighted by atomic mass is 9.89. The van der Waals surface area contributed by atoms with Crippen molar-refractivity contribution in [1.82, 2.24) is 0 Å². The van der Waals surface area contributed by atoms with E-state index in [-0.39, 0.29) is 33.0 Å². The topological polar surface area (TPSA) is 337 Å². The largest absolute Gasteiger partial charge is 0.744 e. The Morgan fingerprint density at radius 1 is 0.545 bits per heavy atom. The van der Waals surface area contributed by atoms with Gasteiger partial charge in [-0.1, -0.05) is 24.3 Å². The molecule has 0 fully saturated rings. The molecule has 0 atom stereocenters. The molecule has 0 bridgehead atoms. The van der Waals surface area contributed by atoms with E-state index >= 15 is 0 Å². The van der Waals surface area contributed by atoms with Crippen LogP contribution in [0.4, 0.5) is 11.4 Å². The van der Waals surface area contributed by atoms with Gasteiger partial charge in [-0.25, -0.2) is 26.4 Å². The van der Waals surface area contributed by atoms with Crippen molar-refractivity contribution in [3.05, 3.63) is 127 Å². The molecular weight excluding hydrogens is 889 g/mol. The Labute approximate surface area is 381 Å². The van der Waals surface area contributed by atoms with Gasteiger partial charge in [0, 0.05) is 71.6 Å². The SMILES string of the molecule is Cc1cc(=O)oc2c3c4c(cc12)CCCN4CCC3.Cc1cc(=O)oc2c3c4c(cc12)CCCN4CCC3.NC(N)=[NH2+].NC(N)=[NH2+].O=S(=O)([O-])c1ccc(-c2ccc(S(=O)(=O)[O-])cc2)cc1. The van der Waals surface area contributed by atoms with Gasteiger partial charge in [-0.05, 0) is 135 Å². The molecule has 66 heavy (non-hydrogen) atoms. The molecule has 12 N–H and O–H groups in total. The Balaban J connectivity index is 0.000000151. The smallest absolute Gasteiger partial charge is 0.336 e. The second-order valence-electron chi connectivity index (χ2n) is 16.3. The van der Waals surface area contributed by atoms with Crippen molar-refractivity contribution in [3.63, 3.8) is 0 Å². The Kier molecular flexibility index (Phi) is 14.9. The summed E-state index contributed by atoms with van der Waals surface area (Å²) in [6.07, 6.45) is 9.12. The zero-order chi connectivity index (χ0) is 48.1. The number of aryl methyl sites for hydroxylation is 6. The third-order valence-corrected chi connectivity index (χ3v) is 13.2. The van der Waals surface area contributed by atoms with Crippen LogP contribution < -0.4 is 54.8 Å². The van der Waals surface area contributed by atoms with E-state index in [9.17, 15) is 35.5 Å². The van der Waals surface area contributed by atoms with Crippen molar-refractivity contribution in [1.29, 1.82) is 0 Å². The van der Waals surface area contributed by atoms with Crippen molar-refractivity contribution in [3.8, 4) is 11.1 Å². The quantitative estimate of drug-likeness (QED) is 0.0618. The normalized spacial score (nSPS) is 14.6. The Hall–Kier alpha value is -6.74. The maximum Gasteiger partial charge on any atom is 0.336 e. The second kappa shape index (κ2) is 20.2. The maximum atomic E-state index is 11.7. The molecule has 4 aliphatic rings. The Bertz CT molecular complexity index is 2930. The highest BCUT2D eigenvalue weighted by molar-refractivity contribution is 7.86. The van der Waals surface area contributed by atoms with Crippen LogP contribution in [0.25, 0.3) is 33.1 Å². The lowest BCUT2D eigenvalue weighted by Crippen LogP contribution is -2.51. The number of hydrogen-bond acceptors (Lipinski definition) is 12. The van der Waals surface area contributed by atoms with E-state index in [1.807, 2.05) is 13.8 Å². The fourth-order valence-corrected chi connectivity index (χ4v) is 9.82. The molecule has 4 aromatic carbocycles. The number of hydrogen-bond donors (Lipinski definition) is 6. The van der Waals surface area contributed by atoms with E-state index in [0.717, 1.165) is 122 Å². The van der Waals surface area contributed by atoms with Gasteiger partial charge in [0.15, 0.2) is 0 Å². The van der Waals surface area contributed by atoms with Crippen LogP contribution in [-0.4, -0.2) is 64.0 Å². The van der Waals surface area contributed by atoms with Crippen LogP contribution in [0.15, 0.2) is 101 Å². The molecule has 6 heterocycles. The number of rotatable bonds is 3. The van der Waals surface area contributed by atoms with Crippen molar-refractivity contribution in [2.75, 3.05) is 36.0 Å². The summed E-state index contributed by atoms with van der Waals surface area (Å²) in [4.78, 5) is 27.6. The van der Waals surface area contributed by atoms with Crippen molar-refractivity contribution >= 4 is 65.5 Å². The Morgan fingerprint density at radius 3 is 1.15 bits per heavy atom. The molecule has 0 spiro atoms. The number of anilines is 2. The van der Waals surface area contributed by atoms with Gasteiger partial charge in [0.05, 0.1) is 9.79 Å². The van der Waals surface area contributed by atoms with Crippen LogP contribution in [0.3, 0.4) is 0 Å². The number of guanidine groups is 2. The third-order valence-electron chi connectivity index (χ3n) is 11.5. The van der Waals surface area contributed by atoms with Gasteiger partial charge in [0.1, 0.15) is 31.4 Å². The van der Waals surface area contributed by atoms with E-state index in [0.29, 0.717) is 11.1 Å². The maximum absolute atomic E-state index is 11.7. The first kappa shape index (κ1) is 48.7. The first-order valence-electron chi connectivity index (χ1n) is 21.2. The molecular formula is C46H54N8O10S2. The highest BCUT2D eigenvalue weighted by atomic mass is 32.2. The predicted octanol–water partition coefficient (Wildman–Crippen LogP) is 0.800. The fraction of sp³-hybridized carbons (Fsp3) is 0.304. The highest BCUT2D eigenvalue weighted by Gasteiger charge is 2.28. The summed E-state index contributed by atoms with van der Waals surface area (Å²) in [7, 11) is -9.00. The van der Waals surface area contributed by atoms with Crippen LogP contribution in [0, 0.1) is 13.8 Å². The summed E-state index contributed by atoms with van der Waals surface area (Å²) < 4.78 is 75.7. The summed E-state index contributed by atoms with van der Waals surface area (Å²) in [6.45, 7) is 8.57. The first-order valence-corrected chi connectivity index (χ1v) is 24.0. The number of nitrogens with zero attached hydrogens (tertiary/aromatic N) is 2. The van der Waals surface area contributed by atoms with Gasteiger partial charge < -0.3 is 27.7 Å². The summed E-state index contributed by atoms with van der Waals surface area (Å²) in [5.74, 6) is -0.167. The molecule has 18 nitrogen and oxygen atoms in total. The van der Waals surface area contributed by atoms with E-state index in [2.05, 4.69) is 55.7 Å². The monoisotopic (exact) mass is 942 g/mol. The summed E-state index contributed by atoms with van der Waals surface area (Å²) in [5, 5.41) is 11.4. The van der Waals surface area contributed by atoms with Crippen LogP contribution in [0.5, 0.6) is 0 Å². The van der Waals surface area contributed by atoms with E-state index in [4.69, 9.17) is 8.83 Å². The number of fused-ring (bicyclic) bond motifs is 4. The molecule has 0 unspecified atom stereocenters. The van der Waals surface area contributed by atoms with Gasteiger partial charge in [-0.2, -0.15) is 0 Å². The minimum Gasteiger partial charge on any atom is -0.744 e. The van der Waals surface area contributed by atoms with E-state index < -0.39 is 20.2 Å². The van der Waals surface area contributed by atoms with Crippen LogP contribution in [-0.2, 0) is 45.9 Å². The first-order chi connectivity index (χ1) is 31.1. The molecule has 2 aromatic heterocycles. The molecule has 0 saturated heterocycles. The molecule has 6 aromatic rings. The van der Waals surface area contributed by atoms with Crippen molar-refractivity contribution in [2.24, 2.45) is 22.9 Å². The molecule has 4 aliphatic heterocycles. The van der Waals surface area contributed by atoms with Crippen LogP contribution in [0.2, 0.25) is 0 Å². The average Bonchev–Trinajstić information content (AvgIpc) is 3.24. The van der Waals surface area contributed by atoms with Gasteiger partial charge >= 0.3 is 23.2 Å². The lowest BCUT2D eigenvalue weighted by Gasteiger charge is -2.37.